The van der Waals surface area contributed by atoms with Crippen LogP contribution < -0.4 is 11.1 Å². The van der Waals surface area contributed by atoms with Crippen molar-refractivity contribution in [2.45, 2.75) is 6.42 Å². The topological polar surface area (TPSA) is 109 Å². The predicted molar refractivity (Wildman–Crippen MR) is 43.6 cm³/mol. The molecule has 0 fully saturated rings. The van der Waals surface area contributed by atoms with Crippen LogP contribution in [0.5, 0.6) is 0 Å². The third kappa shape index (κ3) is 8.05. The Morgan fingerprint density at radius 1 is 1.31 bits per heavy atom. The maximum atomic E-state index is 10.7. The van der Waals surface area contributed by atoms with Gasteiger partial charge in [-0.15, -0.1) is 0 Å². The minimum atomic E-state index is -1.20. The monoisotopic (exact) mass is 186 g/mol. The molecule has 0 radical (unpaired) electrons. The summed E-state index contributed by atoms with van der Waals surface area (Å²) in [6.07, 6.45) is 1.61. The summed E-state index contributed by atoms with van der Waals surface area (Å²) in [5, 5.41) is 10.4. The van der Waals surface area contributed by atoms with E-state index < -0.39 is 17.8 Å². The van der Waals surface area contributed by atoms with E-state index in [2.05, 4.69) is 5.32 Å². The van der Waals surface area contributed by atoms with Crippen molar-refractivity contribution < 1.29 is 19.5 Å². The van der Waals surface area contributed by atoms with E-state index in [0.29, 0.717) is 6.08 Å². The molecule has 2 amide bonds. The minimum Gasteiger partial charge on any atom is -0.478 e. The van der Waals surface area contributed by atoms with Gasteiger partial charge in [-0.25, -0.2) is 4.79 Å². The van der Waals surface area contributed by atoms with Gasteiger partial charge in [-0.2, -0.15) is 0 Å². The largest absolute Gasteiger partial charge is 0.478 e. The van der Waals surface area contributed by atoms with Crippen molar-refractivity contribution in [1.82, 2.24) is 5.32 Å². The second kappa shape index (κ2) is 5.76. The Labute approximate surface area is 74.4 Å². The number of aliphatic carboxylic acids is 1. The van der Waals surface area contributed by atoms with Crippen LogP contribution in [-0.2, 0) is 14.4 Å². The summed E-state index contributed by atoms with van der Waals surface area (Å²) < 4.78 is 0. The van der Waals surface area contributed by atoms with Crippen LogP contribution in [0.3, 0.4) is 0 Å². The molecule has 6 nitrogen and oxygen atoms in total. The number of primary amides is 1. The Morgan fingerprint density at radius 2 is 1.92 bits per heavy atom. The first-order valence-corrected chi connectivity index (χ1v) is 3.49. The zero-order chi connectivity index (χ0) is 10.3. The molecule has 13 heavy (non-hydrogen) atoms. The molecule has 0 aromatic carbocycles. The van der Waals surface area contributed by atoms with Gasteiger partial charge in [0, 0.05) is 25.1 Å². The molecule has 0 aliphatic rings. The van der Waals surface area contributed by atoms with Gasteiger partial charge >= 0.3 is 5.97 Å². The Kier molecular flexibility index (Phi) is 4.94. The fourth-order valence-corrected chi connectivity index (χ4v) is 0.515. The first-order valence-electron chi connectivity index (χ1n) is 3.49. The van der Waals surface area contributed by atoms with Crippen molar-refractivity contribution in [2.75, 3.05) is 6.54 Å². The second-order valence-corrected chi connectivity index (χ2v) is 2.18. The van der Waals surface area contributed by atoms with Gasteiger partial charge in [-0.3, -0.25) is 9.59 Å². The summed E-state index contributed by atoms with van der Waals surface area (Å²) in [5.74, 6) is -2.30. The Balaban J connectivity index is 3.64. The number of carboxylic acids is 1. The quantitative estimate of drug-likeness (QED) is 0.459. The molecule has 0 unspecified atom stereocenters. The Morgan fingerprint density at radius 3 is 2.38 bits per heavy atom. The van der Waals surface area contributed by atoms with Crippen molar-refractivity contribution in [3.63, 3.8) is 0 Å². The third-order valence-electron chi connectivity index (χ3n) is 1.05. The molecule has 0 atom stereocenters. The Bertz CT molecular complexity index is 247. The highest BCUT2D eigenvalue weighted by Crippen LogP contribution is 1.77. The molecule has 0 rings (SSSR count). The number of carbonyl (C=O) groups excluding carboxylic acids is 2. The van der Waals surface area contributed by atoms with Gasteiger partial charge in [0.15, 0.2) is 0 Å². The number of nitrogens with two attached hydrogens (primary N) is 1. The molecule has 0 aliphatic heterocycles. The average molecular weight is 186 g/mol. The van der Waals surface area contributed by atoms with Crippen molar-refractivity contribution in [2.24, 2.45) is 5.73 Å². The molecule has 0 bridgehead atoms. The van der Waals surface area contributed by atoms with Crippen molar-refractivity contribution >= 4 is 17.8 Å². The molecule has 0 spiro atoms. The van der Waals surface area contributed by atoms with Crippen molar-refractivity contribution in [3.8, 4) is 0 Å². The standard InChI is InChI=1S/C7H10N2O4/c8-5(10)3-4-9-6(11)1-2-7(12)13/h1-2H,3-4H2,(H2,8,10)(H,9,11)(H,12,13)/b2-1+. The molecule has 72 valence electrons. The molecule has 0 saturated heterocycles. The van der Waals surface area contributed by atoms with E-state index >= 15 is 0 Å². The maximum Gasteiger partial charge on any atom is 0.328 e. The highest BCUT2D eigenvalue weighted by molar-refractivity contribution is 5.94. The van der Waals surface area contributed by atoms with E-state index in [1.807, 2.05) is 0 Å². The lowest BCUT2D eigenvalue weighted by molar-refractivity contribution is -0.131. The summed E-state index contributed by atoms with van der Waals surface area (Å²) >= 11 is 0. The molecule has 0 heterocycles. The first-order chi connectivity index (χ1) is 6.02. The van der Waals surface area contributed by atoms with Gasteiger partial charge in [-0.05, 0) is 0 Å². The van der Waals surface area contributed by atoms with Crippen LogP contribution in [0.2, 0.25) is 0 Å². The summed E-state index contributed by atoms with van der Waals surface area (Å²) in [7, 11) is 0. The number of rotatable bonds is 5. The van der Waals surface area contributed by atoms with Gasteiger partial charge < -0.3 is 16.2 Å². The number of carbonyl (C=O) groups is 3. The molecule has 0 aromatic heterocycles. The molecular formula is C7H10N2O4. The van der Waals surface area contributed by atoms with E-state index in [4.69, 9.17) is 10.8 Å². The van der Waals surface area contributed by atoms with Crippen LogP contribution >= 0.6 is 0 Å². The van der Waals surface area contributed by atoms with Crippen molar-refractivity contribution in [1.29, 1.82) is 0 Å². The molecular weight excluding hydrogens is 176 g/mol. The van der Waals surface area contributed by atoms with Crippen LogP contribution in [-0.4, -0.2) is 29.4 Å². The second-order valence-electron chi connectivity index (χ2n) is 2.18. The van der Waals surface area contributed by atoms with Gasteiger partial charge in [-0.1, -0.05) is 0 Å². The molecule has 6 heteroatoms. The molecule has 0 aliphatic carbocycles. The lowest BCUT2D eigenvalue weighted by atomic mass is 10.4. The Hall–Kier alpha value is -1.85. The first kappa shape index (κ1) is 11.2. The maximum absolute atomic E-state index is 10.7. The van der Waals surface area contributed by atoms with E-state index in [1.165, 1.54) is 0 Å². The van der Waals surface area contributed by atoms with Crippen LogP contribution in [0.4, 0.5) is 0 Å². The highest BCUT2D eigenvalue weighted by atomic mass is 16.4. The lowest BCUT2D eigenvalue weighted by Crippen LogP contribution is -2.26. The molecule has 4 N–H and O–H groups in total. The number of hydrogen-bond donors (Lipinski definition) is 3. The summed E-state index contributed by atoms with van der Waals surface area (Å²) in [4.78, 5) is 30.9. The zero-order valence-electron chi connectivity index (χ0n) is 6.82. The van der Waals surface area contributed by atoms with E-state index in [1.54, 1.807) is 0 Å². The van der Waals surface area contributed by atoms with Crippen molar-refractivity contribution in [3.05, 3.63) is 12.2 Å². The van der Waals surface area contributed by atoms with Gasteiger partial charge in [0.2, 0.25) is 11.8 Å². The lowest BCUT2D eigenvalue weighted by Gasteiger charge is -1.97. The van der Waals surface area contributed by atoms with Crippen LogP contribution in [0.15, 0.2) is 12.2 Å². The average Bonchev–Trinajstić information content (AvgIpc) is 2.00. The fourth-order valence-electron chi connectivity index (χ4n) is 0.515. The predicted octanol–water partition coefficient (Wildman–Crippen LogP) is -1.38. The van der Waals surface area contributed by atoms with E-state index in [-0.39, 0.29) is 13.0 Å². The zero-order valence-corrected chi connectivity index (χ0v) is 6.82. The van der Waals surface area contributed by atoms with Crippen LogP contribution in [0.25, 0.3) is 0 Å². The highest BCUT2D eigenvalue weighted by Gasteiger charge is 1.97. The number of hydrogen-bond acceptors (Lipinski definition) is 3. The van der Waals surface area contributed by atoms with E-state index in [0.717, 1.165) is 6.08 Å². The van der Waals surface area contributed by atoms with Crippen LogP contribution in [0, 0.1) is 0 Å². The SMILES string of the molecule is NC(=O)CCNC(=O)/C=C/C(=O)O. The third-order valence-corrected chi connectivity index (χ3v) is 1.05. The summed E-state index contributed by atoms with van der Waals surface area (Å²) in [6, 6.07) is 0. The summed E-state index contributed by atoms with van der Waals surface area (Å²) in [5.41, 5.74) is 4.80. The van der Waals surface area contributed by atoms with E-state index in [9.17, 15) is 14.4 Å². The smallest absolute Gasteiger partial charge is 0.328 e. The molecule has 0 aromatic rings. The van der Waals surface area contributed by atoms with Gasteiger partial charge in [0.25, 0.3) is 0 Å². The normalized spacial score (nSPS) is 9.85. The van der Waals surface area contributed by atoms with Crippen LogP contribution in [0.1, 0.15) is 6.42 Å². The molecule has 0 saturated carbocycles. The number of nitrogens with one attached hydrogen (secondary N) is 1. The minimum absolute atomic E-state index is 0.0344. The fraction of sp³-hybridized carbons (Fsp3) is 0.286. The van der Waals surface area contributed by atoms with Gasteiger partial charge in [0.1, 0.15) is 0 Å². The van der Waals surface area contributed by atoms with Gasteiger partial charge in [0.05, 0.1) is 0 Å². The summed E-state index contributed by atoms with van der Waals surface area (Å²) in [6.45, 7) is 0.109. The number of carboxylic acid groups (broad SMARTS) is 1. The number of amides is 2.